The van der Waals surface area contributed by atoms with E-state index in [-0.39, 0.29) is 19.8 Å². The van der Waals surface area contributed by atoms with Crippen molar-refractivity contribution in [1.29, 1.82) is 0 Å². The number of phenols is 3. The average molecular weight is 438 g/mol. The molecule has 0 unspecified atom stereocenters. The normalized spacial score (nSPS) is 17.9. The number of hydrogen-bond donors (Lipinski definition) is 3. The predicted molar refractivity (Wildman–Crippen MR) is 101 cm³/mol. The third-order valence-corrected chi connectivity index (χ3v) is 4.29. The van der Waals surface area contributed by atoms with Crippen molar-refractivity contribution in [2.24, 2.45) is 0 Å². The van der Waals surface area contributed by atoms with Crippen LogP contribution in [0.5, 0.6) is 17.2 Å². The van der Waals surface area contributed by atoms with Gasteiger partial charge in [0.05, 0.1) is 36.9 Å². The number of carbonyl (C=O) groups excluding carboxylic acids is 4. The second-order valence-electron chi connectivity index (χ2n) is 6.18. The summed E-state index contributed by atoms with van der Waals surface area (Å²) in [4.78, 5) is 49.8. The Kier molecular flexibility index (Phi) is 7.46. The first kappa shape index (κ1) is 23.5. The zero-order chi connectivity index (χ0) is 23.3. The van der Waals surface area contributed by atoms with Crippen LogP contribution in [0.15, 0.2) is 17.7 Å². The molecule has 0 bridgehead atoms. The molecule has 0 saturated heterocycles. The van der Waals surface area contributed by atoms with Crippen molar-refractivity contribution < 1.29 is 53.4 Å². The Balaban J connectivity index is 2.82. The van der Waals surface area contributed by atoms with E-state index in [1.807, 2.05) is 0 Å². The van der Waals surface area contributed by atoms with Gasteiger partial charge in [-0.25, -0.2) is 19.2 Å². The second kappa shape index (κ2) is 9.83. The van der Waals surface area contributed by atoms with Gasteiger partial charge in [0.2, 0.25) is 11.9 Å². The molecule has 1 aromatic rings. The van der Waals surface area contributed by atoms with Crippen LogP contribution in [-0.2, 0) is 33.3 Å². The maximum atomic E-state index is 12.7. The Hall–Kier alpha value is -3.76. The maximum absolute atomic E-state index is 12.7. The molecule has 2 atom stereocenters. The lowest BCUT2D eigenvalue weighted by molar-refractivity contribution is -0.155. The minimum Gasteiger partial charge on any atom is -0.504 e. The van der Waals surface area contributed by atoms with Gasteiger partial charge in [-0.3, -0.25) is 0 Å². The van der Waals surface area contributed by atoms with Crippen molar-refractivity contribution in [2.75, 3.05) is 19.8 Å². The number of carbonyl (C=O) groups is 4. The maximum Gasteiger partial charge on any atom is 0.348 e. The lowest BCUT2D eigenvalue weighted by Crippen LogP contribution is -2.41. The highest BCUT2D eigenvalue weighted by Crippen LogP contribution is 2.49. The molecule has 1 aliphatic rings. The van der Waals surface area contributed by atoms with Crippen LogP contribution >= 0.6 is 0 Å². The third kappa shape index (κ3) is 4.71. The van der Waals surface area contributed by atoms with E-state index in [9.17, 15) is 34.5 Å². The fourth-order valence-electron chi connectivity index (χ4n) is 3.07. The van der Waals surface area contributed by atoms with Gasteiger partial charge in [0, 0.05) is 11.6 Å². The molecule has 1 heterocycles. The van der Waals surface area contributed by atoms with E-state index in [1.54, 1.807) is 0 Å². The van der Waals surface area contributed by atoms with Crippen molar-refractivity contribution in [3.05, 3.63) is 28.8 Å². The smallest absolute Gasteiger partial charge is 0.348 e. The number of benzene rings is 1. The Labute approximate surface area is 176 Å². The molecular weight excluding hydrogens is 416 g/mol. The summed E-state index contributed by atoms with van der Waals surface area (Å²) in [5.74, 6) is -8.66. The van der Waals surface area contributed by atoms with Crippen LogP contribution in [0.4, 0.5) is 0 Å². The minimum atomic E-state index is -1.81. The summed E-state index contributed by atoms with van der Waals surface area (Å²) >= 11 is 0. The Morgan fingerprint density at radius 2 is 1.61 bits per heavy atom. The second-order valence-corrected chi connectivity index (χ2v) is 6.18. The first-order chi connectivity index (χ1) is 14.7. The molecule has 0 aliphatic carbocycles. The summed E-state index contributed by atoms with van der Waals surface area (Å²) in [6, 6.07) is 0.800. The van der Waals surface area contributed by atoms with Crippen LogP contribution in [0.3, 0.4) is 0 Å². The number of rotatable bonds is 7. The topological polar surface area (TPSA) is 166 Å². The molecule has 0 aromatic heterocycles. The summed E-state index contributed by atoms with van der Waals surface area (Å²) in [6.07, 6.45) is -1.06. The largest absolute Gasteiger partial charge is 0.504 e. The molecule has 2 rings (SSSR count). The van der Waals surface area contributed by atoms with Crippen LogP contribution in [0, 0.1) is 0 Å². The highest BCUT2D eigenvalue weighted by atomic mass is 16.6. The zero-order valence-electron chi connectivity index (χ0n) is 17.0. The summed E-state index contributed by atoms with van der Waals surface area (Å²) in [5.41, 5.74) is -1.35. The van der Waals surface area contributed by atoms with Crippen LogP contribution in [0.1, 0.15) is 42.6 Å². The monoisotopic (exact) mass is 438 g/mol. The number of esters is 4. The van der Waals surface area contributed by atoms with Crippen molar-refractivity contribution in [2.45, 2.75) is 32.8 Å². The number of aromatic hydroxyl groups is 3. The van der Waals surface area contributed by atoms with Crippen LogP contribution in [0.2, 0.25) is 0 Å². The van der Waals surface area contributed by atoms with E-state index in [4.69, 9.17) is 18.9 Å². The number of phenolic OH excluding ortho intramolecular Hbond substituents is 3. The summed E-state index contributed by atoms with van der Waals surface area (Å²) in [7, 11) is 0. The van der Waals surface area contributed by atoms with Crippen LogP contribution in [-0.4, -0.2) is 65.1 Å². The zero-order valence-corrected chi connectivity index (χ0v) is 17.0. The number of cyclic esters (lactones) is 1. The minimum absolute atomic E-state index is 0.0249. The number of ether oxygens (including phenoxy) is 4. The van der Waals surface area contributed by atoms with E-state index < -0.39 is 69.8 Å². The van der Waals surface area contributed by atoms with Crippen molar-refractivity contribution in [3.63, 3.8) is 0 Å². The first-order valence-corrected chi connectivity index (χ1v) is 9.38. The fraction of sp³-hybridized carbons (Fsp3) is 0.400. The highest BCUT2D eigenvalue weighted by Gasteiger charge is 2.48. The first-order valence-electron chi connectivity index (χ1n) is 9.38. The van der Waals surface area contributed by atoms with E-state index in [2.05, 4.69) is 0 Å². The van der Waals surface area contributed by atoms with E-state index >= 15 is 0 Å². The molecular formula is C20H22O11. The van der Waals surface area contributed by atoms with Gasteiger partial charge in [0.25, 0.3) is 0 Å². The van der Waals surface area contributed by atoms with Crippen molar-refractivity contribution in [3.8, 4) is 17.2 Å². The van der Waals surface area contributed by atoms with Gasteiger partial charge >= 0.3 is 23.9 Å². The van der Waals surface area contributed by atoms with E-state index in [1.165, 1.54) is 20.8 Å². The van der Waals surface area contributed by atoms with Crippen molar-refractivity contribution in [1.82, 2.24) is 0 Å². The van der Waals surface area contributed by atoms with Gasteiger partial charge in [0.1, 0.15) is 0 Å². The Morgan fingerprint density at radius 3 is 2.19 bits per heavy atom. The molecule has 11 heteroatoms. The average Bonchev–Trinajstić information content (AvgIpc) is 2.71. The Bertz CT molecular complexity index is 932. The van der Waals surface area contributed by atoms with Crippen molar-refractivity contribution >= 4 is 23.9 Å². The highest BCUT2D eigenvalue weighted by molar-refractivity contribution is 6.03. The van der Waals surface area contributed by atoms with E-state index in [0.717, 1.165) is 12.1 Å². The predicted octanol–water partition coefficient (Wildman–Crippen LogP) is 1.04. The van der Waals surface area contributed by atoms with Gasteiger partial charge < -0.3 is 34.3 Å². The fourth-order valence-corrected chi connectivity index (χ4v) is 3.07. The summed E-state index contributed by atoms with van der Waals surface area (Å²) < 4.78 is 19.8. The van der Waals surface area contributed by atoms with Gasteiger partial charge in [-0.15, -0.1) is 0 Å². The molecule has 11 nitrogen and oxygen atoms in total. The lowest BCUT2D eigenvalue weighted by Gasteiger charge is -2.32. The molecule has 0 radical (unpaired) electrons. The SMILES string of the molecule is CCOC(=O)/C=C(/C(=O)OCC)[C@H]1c2c(cc(O)c(O)c2O)C(=O)O[C@@H]1C(=O)OCC. The summed E-state index contributed by atoms with van der Waals surface area (Å²) in [6.45, 7) is 4.29. The van der Waals surface area contributed by atoms with Gasteiger partial charge in [-0.05, 0) is 26.8 Å². The standard InChI is InChI=1S/C20H22O11/c1-4-28-12(22)8-10(18(25)29-5-2)14-13-9(7-11(21)15(23)16(13)24)19(26)31-17(14)20(27)30-6-3/h7-8,14,17,21,23-24H,4-6H2,1-3H3/b10-8+/t14-,17-/m0/s1. The molecule has 0 fully saturated rings. The number of hydrogen-bond acceptors (Lipinski definition) is 11. The molecule has 1 aliphatic heterocycles. The van der Waals surface area contributed by atoms with Gasteiger partial charge in [-0.2, -0.15) is 0 Å². The molecule has 1 aromatic carbocycles. The van der Waals surface area contributed by atoms with Gasteiger partial charge in [0.15, 0.2) is 11.5 Å². The van der Waals surface area contributed by atoms with Crippen LogP contribution < -0.4 is 0 Å². The van der Waals surface area contributed by atoms with E-state index in [0.29, 0.717) is 0 Å². The molecule has 3 N–H and O–H groups in total. The molecule has 0 amide bonds. The quantitative estimate of drug-likeness (QED) is 0.241. The third-order valence-electron chi connectivity index (χ3n) is 4.29. The lowest BCUT2D eigenvalue weighted by atomic mass is 9.80. The Morgan fingerprint density at radius 1 is 1.00 bits per heavy atom. The number of fused-ring (bicyclic) bond motifs is 1. The molecule has 168 valence electrons. The molecule has 0 spiro atoms. The summed E-state index contributed by atoms with van der Waals surface area (Å²) in [5, 5.41) is 30.2. The molecule has 31 heavy (non-hydrogen) atoms. The molecule has 0 saturated carbocycles. The van der Waals surface area contributed by atoms with Gasteiger partial charge in [-0.1, -0.05) is 0 Å². The van der Waals surface area contributed by atoms with Crippen LogP contribution in [0.25, 0.3) is 0 Å².